The Hall–Kier alpha value is -2.74. The van der Waals surface area contributed by atoms with Gasteiger partial charge >= 0.3 is 0 Å². The molecule has 0 aliphatic rings. The van der Waals surface area contributed by atoms with E-state index in [1.54, 1.807) is 27.7 Å². The van der Waals surface area contributed by atoms with Crippen molar-refractivity contribution in [2.24, 2.45) is 0 Å². The summed E-state index contributed by atoms with van der Waals surface area (Å²) in [6.45, 7) is 7.15. The molecular formula is C32H54N4O8S2. The van der Waals surface area contributed by atoms with Crippen molar-refractivity contribution in [3.05, 3.63) is 0 Å². The zero-order valence-electron chi connectivity index (χ0n) is 28.1. The van der Waals surface area contributed by atoms with Crippen molar-refractivity contribution < 1.29 is 38.4 Å². The molecule has 12 nitrogen and oxygen atoms in total. The van der Waals surface area contributed by atoms with E-state index in [0.717, 1.165) is 0 Å². The molecule has 0 aromatic rings. The lowest BCUT2D eigenvalue weighted by Crippen LogP contribution is -2.52. The predicted molar refractivity (Wildman–Crippen MR) is 182 cm³/mol. The standard InChI is InChI=1S/C32H54N4O8S2/c1-5-25(37)9-17-33(18-10-26(38)6-2)29(41)13-21-35(31(43)15-23-45)36(32(44)16-24-46)22-14-30(42)34(19-11-27(39)7-3)20-12-28(40)8-4/h45-46H,5-24H2,1-4H3. The van der Waals surface area contributed by atoms with E-state index in [-0.39, 0.29) is 137 Å². The summed E-state index contributed by atoms with van der Waals surface area (Å²) < 4.78 is 0. The largest absolute Gasteiger partial charge is 0.342 e. The van der Waals surface area contributed by atoms with Crippen LogP contribution >= 0.6 is 25.3 Å². The third kappa shape index (κ3) is 17.8. The van der Waals surface area contributed by atoms with E-state index in [2.05, 4.69) is 25.3 Å². The molecule has 0 saturated heterocycles. The number of Topliss-reactive ketones (excluding diaryl/α,β-unsaturated/α-hetero) is 4. The monoisotopic (exact) mass is 686 g/mol. The van der Waals surface area contributed by atoms with Gasteiger partial charge in [0.1, 0.15) is 23.1 Å². The van der Waals surface area contributed by atoms with Crippen LogP contribution < -0.4 is 0 Å². The van der Waals surface area contributed by atoms with E-state index < -0.39 is 11.8 Å². The maximum atomic E-state index is 13.3. The van der Waals surface area contributed by atoms with Crippen molar-refractivity contribution >= 4 is 72.0 Å². The first kappa shape index (κ1) is 43.3. The van der Waals surface area contributed by atoms with Crippen LogP contribution in [0.5, 0.6) is 0 Å². The first-order valence-corrected chi connectivity index (χ1v) is 17.6. The normalized spacial score (nSPS) is 10.7. The van der Waals surface area contributed by atoms with Crippen LogP contribution in [0.1, 0.15) is 105 Å². The number of thiol groups is 2. The lowest BCUT2D eigenvalue weighted by molar-refractivity contribution is -0.165. The molecular weight excluding hydrogens is 633 g/mol. The van der Waals surface area contributed by atoms with Crippen molar-refractivity contribution in [3.63, 3.8) is 0 Å². The number of amides is 4. The minimum absolute atomic E-state index is 0.0226. The minimum Gasteiger partial charge on any atom is -0.342 e. The second kappa shape index (κ2) is 25.4. The molecule has 0 aliphatic heterocycles. The van der Waals surface area contributed by atoms with Gasteiger partial charge in [-0.15, -0.1) is 0 Å². The quantitative estimate of drug-likeness (QED) is 0.104. The van der Waals surface area contributed by atoms with Crippen LogP contribution in [0.15, 0.2) is 0 Å². The fourth-order valence-electron chi connectivity index (χ4n) is 4.40. The van der Waals surface area contributed by atoms with Crippen molar-refractivity contribution in [2.75, 3.05) is 50.8 Å². The molecule has 0 fully saturated rings. The van der Waals surface area contributed by atoms with Crippen LogP contribution in [0, 0.1) is 0 Å². The summed E-state index contributed by atoms with van der Waals surface area (Å²) >= 11 is 8.32. The number of ketones is 4. The van der Waals surface area contributed by atoms with Crippen LogP contribution in [-0.2, 0) is 38.4 Å². The highest BCUT2D eigenvalue weighted by Gasteiger charge is 2.28. The van der Waals surface area contributed by atoms with Crippen LogP contribution in [0.25, 0.3) is 0 Å². The first-order chi connectivity index (χ1) is 21.9. The lowest BCUT2D eigenvalue weighted by atomic mass is 10.1. The molecule has 0 N–H and O–H groups in total. The number of nitrogens with zero attached hydrogens (tertiary/aromatic N) is 4. The Morgan fingerprint density at radius 2 is 0.630 bits per heavy atom. The summed E-state index contributed by atoms with van der Waals surface area (Å²) in [5, 5.41) is 2.34. The van der Waals surface area contributed by atoms with E-state index in [1.165, 1.54) is 19.8 Å². The van der Waals surface area contributed by atoms with Crippen LogP contribution in [0.4, 0.5) is 0 Å². The Kier molecular flexibility index (Phi) is 23.9. The predicted octanol–water partition coefficient (Wildman–Crippen LogP) is 3.11. The zero-order chi connectivity index (χ0) is 35.1. The maximum Gasteiger partial charge on any atom is 0.241 e. The van der Waals surface area contributed by atoms with E-state index in [4.69, 9.17) is 0 Å². The van der Waals surface area contributed by atoms with Crippen molar-refractivity contribution in [1.29, 1.82) is 0 Å². The molecule has 0 aliphatic carbocycles. The number of carbonyl (C=O) groups is 8. The molecule has 0 radical (unpaired) electrons. The summed E-state index contributed by atoms with van der Waals surface area (Å²) in [5.41, 5.74) is 0. The van der Waals surface area contributed by atoms with Gasteiger partial charge in [-0.05, 0) is 11.5 Å². The van der Waals surface area contributed by atoms with Crippen LogP contribution in [0.2, 0.25) is 0 Å². The number of rotatable bonds is 26. The lowest BCUT2D eigenvalue weighted by Gasteiger charge is -2.36. The zero-order valence-corrected chi connectivity index (χ0v) is 29.9. The van der Waals surface area contributed by atoms with Gasteiger partial charge in [0.2, 0.25) is 23.6 Å². The smallest absolute Gasteiger partial charge is 0.241 e. The number of hydrogen-bond donors (Lipinski definition) is 2. The molecule has 0 unspecified atom stereocenters. The highest BCUT2D eigenvalue weighted by Crippen LogP contribution is 2.12. The molecule has 0 heterocycles. The van der Waals surface area contributed by atoms with Gasteiger partial charge in [0.15, 0.2) is 0 Å². The molecule has 0 atom stereocenters. The Bertz CT molecular complexity index is 920. The van der Waals surface area contributed by atoms with Crippen molar-refractivity contribution in [3.8, 4) is 0 Å². The highest BCUT2D eigenvalue weighted by atomic mass is 32.1. The van der Waals surface area contributed by atoms with Gasteiger partial charge in [-0.2, -0.15) is 25.3 Å². The Morgan fingerprint density at radius 3 is 0.848 bits per heavy atom. The number of carbonyl (C=O) groups excluding carboxylic acids is 8. The Labute approximate surface area is 285 Å². The highest BCUT2D eigenvalue weighted by molar-refractivity contribution is 7.80. The van der Waals surface area contributed by atoms with E-state index in [1.807, 2.05) is 0 Å². The fraction of sp³-hybridized carbons (Fsp3) is 0.750. The summed E-state index contributed by atoms with van der Waals surface area (Å²) in [6.07, 6.45) is 1.45. The Morgan fingerprint density at radius 1 is 0.370 bits per heavy atom. The number of hydrogen-bond acceptors (Lipinski definition) is 10. The van der Waals surface area contributed by atoms with E-state index in [9.17, 15) is 38.4 Å². The SMILES string of the molecule is CCC(=O)CCN(CCC(=O)CC)C(=O)CCN(C(=O)CCS)N(CCC(=O)N(CCC(=O)CC)CCC(=O)CC)C(=O)CCS. The summed E-state index contributed by atoms with van der Waals surface area (Å²) in [4.78, 5) is 104. The van der Waals surface area contributed by atoms with Crippen LogP contribution in [0.3, 0.4) is 0 Å². The average Bonchev–Trinajstić information content (AvgIpc) is 3.05. The summed E-state index contributed by atoms with van der Waals surface area (Å²) in [5.74, 6) is -1.39. The molecule has 46 heavy (non-hydrogen) atoms. The maximum absolute atomic E-state index is 13.3. The van der Waals surface area contributed by atoms with E-state index >= 15 is 0 Å². The second-order valence-electron chi connectivity index (χ2n) is 10.8. The van der Waals surface area contributed by atoms with Gasteiger partial charge in [0.25, 0.3) is 0 Å². The molecule has 0 aromatic carbocycles. The third-order valence-electron chi connectivity index (χ3n) is 7.52. The second-order valence-corrected chi connectivity index (χ2v) is 11.7. The molecule has 0 saturated carbocycles. The van der Waals surface area contributed by atoms with Gasteiger partial charge in [-0.25, -0.2) is 0 Å². The Balaban J connectivity index is 6.02. The fourth-order valence-corrected chi connectivity index (χ4v) is 4.78. The van der Waals surface area contributed by atoms with Crippen LogP contribution in [-0.4, -0.2) is 117 Å². The number of hydrazine groups is 1. The van der Waals surface area contributed by atoms with Gasteiger partial charge in [0, 0.05) is 103 Å². The van der Waals surface area contributed by atoms with Crippen molar-refractivity contribution in [2.45, 2.75) is 105 Å². The molecule has 14 heteroatoms. The van der Waals surface area contributed by atoms with Gasteiger partial charge in [-0.3, -0.25) is 48.4 Å². The van der Waals surface area contributed by atoms with Crippen molar-refractivity contribution in [1.82, 2.24) is 19.8 Å². The first-order valence-electron chi connectivity index (χ1n) is 16.3. The molecule has 262 valence electrons. The van der Waals surface area contributed by atoms with E-state index in [0.29, 0.717) is 25.7 Å². The summed E-state index contributed by atoms with van der Waals surface area (Å²) in [6, 6.07) is 0. The molecule has 0 spiro atoms. The molecule has 4 amide bonds. The van der Waals surface area contributed by atoms with Gasteiger partial charge in [0.05, 0.1) is 13.1 Å². The third-order valence-corrected chi connectivity index (χ3v) is 7.97. The topological polar surface area (TPSA) is 150 Å². The molecule has 0 aromatic heterocycles. The average molecular weight is 687 g/mol. The van der Waals surface area contributed by atoms with Gasteiger partial charge < -0.3 is 9.80 Å². The molecule has 0 bridgehead atoms. The van der Waals surface area contributed by atoms with Gasteiger partial charge in [-0.1, -0.05) is 27.7 Å². The summed E-state index contributed by atoms with van der Waals surface area (Å²) in [7, 11) is 0. The minimum atomic E-state index is -0.462. The molecule has 0 rings (SSSR count).